The number of hydrogen-bond acceptors (Lipinski definition) is 6. The molecule has 0 aliphatic rings. The van der Waals surface area contributed by atoms with E-state index in [2.05, 4.69) is 15.3 Å². The molecule has 0 unspecified atom stereocenters. The molecule has 4 rings (SSSR count). The third-order valence-electron chi connectivity index (χ3n) is 5.21. The molecule has 2 aromatic heterocycles. The number of hydrogen-bond donors (Lipinski definition) is 2. The molecule has 0 saturated carbocycles. The summed E-state index contributed by atoms with van der Waals surface area (Å²) in [6.07, 6.45) is 1.33. The van der Waals surface area contributed by atoms with Crippen LogP contribution in [0.25, 0.3) is 16.6 Å². The number of aryl methyl sites for hydroxylation is 1. The molecule has 0 radical (unpaired) electrons. The zero-order valence-electron chi connectivity index (χ0n) is 17.5. The predicted molar refractivity (Wildman–Crippen MR) is 118 cm³/mol. The number of benzene rings is 2. The molecule has 2 N–H and O–H groups in total. The predicted octanol–water partition coefficient (Wildman–Crippen LogP) is 4.60. The van der Waals surface area contributed by atoms with E-state index in [0.29, 0.717) is 11.4 Å². The van der Waals surface area contributed by atoms with Crippen molar-refractivity contribution >= 4 is 34.3 Å². The van der Waals surface area contributed by atoms with Crippen molar-refractivity contribution in [2.75, 3.05) is 0 Å². The van der Waals surface area contributed by atoms with Gasteiger partial charge in [0.1, 0.15) is 17.3 Å². The summed E-state index contributed by atoms with van der Waals surface area (Å²) in [5.41, 5.74) is 3.00. The number of nitriles is 1. The highest BCUT2D eigenvalue weighted by Gasteiger charge is 2.16. The Hall–Kier alpha value is -4.78. The first-order valence-electron chi connectivity index (χ1n) is 9.94. The summed E-state index contributed by atoms with van der Waals surface area (Å²) in [7, 11) is 0. The number of rotatable bonds is 7. The minimum absolute atomic E-state index is 0.0339. The summed E-state index contributed by atoms with van der Waals surface area (Å²) in [6, 6.07) is 15.5. The summed E-state index contributed by atoms with van der Waals surface area (Å²) in [5, 5.41) is 41.4. The Morgan fingerprint density at radius 1 is 1.09 bits per heavy atom. The summed E-state index contributed by atoms with van der Waals surface area (Å²) >= 11 is 0. The fourth-order valence-electron chi connectivity index (χ4n) is 3.58. The number of carbonyl (C=O) groups is 2. The molecular formula is C23H18N6O4. The molecule has 0 atom stereocenters. The molecule has 2 heterocycles. The number of nitrogens with zero attached hydrogens (tertiary/aromatic N) is 6. The van der Waals surface area contributed by atoms with Gasteiger partial charge in [-0.15, -0.1) is 10.2 Å². The van der Waals surface area contributed by atoms with Gasteiger partial charge in [-0.1, -0.05) is 18.2 Å². The molecule has 10 heteroatoms. The molecule has 164 valence electrons. The first kappa shape index (κ1) is 21.5. The molecule has 0 saturated heterocycles. The summed E-state index contributed by atoms with van der Waals surface area (Å²) in [5.74, 6) is -1.75. The molecule has 10 nitrogen and oxygen atoms in total. The van der Waals surface area contributed by atoms with E-state index in [4.69, 9.17) is 10.2 Å². The second-order valence-electron chi connectivity index (χ2n) is 7.20. The Balaban J connectivity index is 1.78. The monoisotopic (exact) mass is 442 g/mol. The van der Waals surface area contributed by atoms with Crippen molar-refractivity contribution in [2.45, 2.75) is 19.9 Å². The number of carboxylic acids is 2. The third-order valence-corrected chi connectivity index (χ3v) is 5.21. The lowest BCUT2D eigenvalue weighted by Crippen LogP contribution is -2.05. The topological polar surface area (TPSA) is 146 Å². The van der Waals surface area contributed by atoms with Gasteiger partial charge in [0.25, 0.3) is 0 Å². The van der Waals surface area contributed by atoms with Gasteiger partial charge in [0.2, 0.25) is 0 Å². The maximum Gasteiger partial charge on any atom is 0.335 e. The normalized spacial score (nSPS) is 11.2. The van der Waals surface area contributed by atoms with Crippen molar-refractivity contribution in [3.63, 3.8) is 0 Å². The number of para-hydroxylation sites is 1. The number of fused-ring (bicyclic) bond motifs is 1. The van der Waals surface area contributed by atoms with Crippen LogP contribution in [0, 0.1) is 18.3 Å². The molecule has 0 bridgehead atoms. The van der Waals surface area contributed by atoms with Gasteiger partial charge in [-0.25, -0.2) is 9.48 Å². The van der Waals surface area contributed by atoms with Gasteiger partial charge in [-0.3, -0.25) is 4.79 Å². The molecular weight excluding hydrogens is 424 g/mol. The Bertz CT molecular complexity index is 1440. The van der Waals surface area contributed by atoms with Crippen molar-refractivity contribution < 1.29 is 19.8 Å². The second-order valence-corrected chi connectivity index (χ2v) is 7.20. The van der Waals surface area contributed by atoms with Crippen LogP contribution in [0.1, 0.15) is 28.0 Å². The van der Waals surface area contributed by atoms with Crippen LogP contribution in [0.15, 0.2) is 65.0 Å². The van der Waals surface area contributed by atoms with Gasteiger partial charge in [0.05, 0.1) is 29.4 Å². The van der Waals surface area contributed by atoms with Crippen LogP contribution in [0.4, 0.5) is 11.5 Å². The van der Waals surface area contributed by atoms with Crippen LogP contribution >= 0.6 is 0 Å². The van der Waals surface area contributed by atoms with Crippen LogP contribution in [0.2, 0.25) is 0 Å². The van der Waals surface area contributed by atoms with Crippen LogP contribution in [0.3, 0.4) is 0 Å². The average Bonchev–Trinajstić information content (AvgIpc) is 3.34. The van der Waals surface area contributed by atoms with Crippen molar-refractivity contribution in [1.82, 2.24) is 14.3 Å². The van der Waals surface area contributed by atoms with Crippen LogP contribution in [-0.2, 0) is 11.3 Å². The van der Waals surface area contributed by atoms with Crippen LogP contribution < -0.4 is 0 Å². The maximum atomic E-state index is 11.1. The molecule has 0 amide bonds. The van der Waals surface area contributed by atoms with Gasteiger partial charge in [-0.05, 0) is 37.3 Å². The average molecular weight is 442 g/mol. The Labute approximate surface area is 187 Å². The standard InChI is InChI=1S/C23H18N6O4/c1-14-21(18-4-2-3-5-19(18)28(14)11-10-20(30)31)26-27-22-16(12-24)13-25-29(22)17-8-6-15(7-9-17)23(32)33/h2-9,13H,10-11H2,1H3,(H,30,31)(H,32,33). The minimum atomic E-state index is -1.05. The molecule has 33 heavy (non-hydrogen) atoms. The Morgan fingerprint density at radius 3 is 2.48 bits per heavy atom. The van der Waals surface area contributed by atoms with Crippen LogP contribution in [-0.4, -0.2) is 36.5 Å². The maximum absolute atomic E-state index is 11.1. The van der Waals surface area contributed by atoms with Gasteiger partial charge in [-0.2, -0.15) is 10.4 Å². The quantitative estimate of drug-likeness (QED) is 0.400. The van der Waals surface area contributed by atoms with E-state index < -0.39 is 11.9 Å². The molecule has 4 aromatic rings. The third kappa shape index (κ3) is 4.07. The van der Waals surface area contributed by atoms with Crippen molar-refractivity contribution in [1.29, 1.82) is 5.26 Å². The Kier molecular flexibility index (Phi) is 5.69. The lowest BCUT2D eigenvalue weighted by Gasteiger charge is -2.06. The lowest BCUT2D eigenvalue weighted by atomic mass is 10.2. The number of aromatic nitrogens is 3. The van der Waals surface area contributed by atoms with Crippen molar-refractivity contribution in [2.24, 2.45) is 10.2 Å². The minimum Gasteiger partial charge on any atom is -0.481 e. The van der Waals surface area contributed by atoms with Gasteiger partial charge in [0, 0.05) is 17.6 Å². The smallest absolute Gasteiger partial charge is 0.335 e. The highest BCUT2D eigenvalue weighted by molar-refractivity contribution is 5.93. The van der Waals surface area contributed by atoms with Gasteiger partial charge < -0.3 is 14.8 Å². The fourth-order valence-corrected chi connectivity index (χ4v) is 3.58. The van der Waals surface area contributed by atoms with E-state index in [0.717, 1.165) is 16.6 Å². The summed E-state index contributed by atoms with van der Waals surface area (Å²) in [4.78, 5) is 22.2. The molecule has 0 aliphatic heterocycles. The molecule has 0 fully saturated rings. The molecule has 2 aromatic carbocycles. The zero-order valence-corrected chi connectivity index (χ0v) is 17.5. The van der Waals surface area contributed by atoms with Gasteiger partial charge >= 0.3 is 11.9 Å². The largest absolute Gasteiger partial charge is 0.481 e. The lowest BCUT2D eigenvalue weighted by molar-refractivity contribution is -0.137. The van der Waals surface area contributed by atoms with E-state index in [-0.39, 0.29) is 29.9 Å². The van der Waals surface area contributed by atoms with Crippen molar-refractivity contribution in [3.8, 4) is 11.8 Å². The van der Waals surface area contributed by atoms with E-state index in [9.17, 15) is 14.9 Å². The van der Waals surface area contributed by atoms with Crippen molar-refractivity contribution in [3.05, 3.63) is 71.5 Å². The highest BCUT2D eigenvalue weighted by Crippen LogP contribution is 2.35. The summed E-state index contributed by atoms with van der Waals surface area (Å²) in [6.45, 7) is 2.12. The zero-order chi connectivity index (χ0) is 23.5. The molecule has 0 spiro atoms. The number of aliphatic carboxylic acids is 1. The van der Waals surface area contributed by atoms with E-state index >= 15 is 0 Å². The van der Waals surface area contributed by atoms with E-state index in [1.165, 1.54) is 23.0 Å². The molecule has 0 aliphatic carbocycles. The first-order chi connectivity index (χ1) is 15.9. The van der Waals surface area contributed by atoms with E-state index in [1.807, 2.05) is 41.8 Å². The highest BCUT2D eigenvalue weighted by atomic mass is 16.4. The second kappa shape index (κ2) is 8.76. The number of aromatic carboxylic acids is 1. The Morgan fingerprint density at radius 2 is 1.82 bits per heavy atom. The number of azo groups is 1. The SMILES string of the molecule is Cc1c(N=Nc2c(C#N)cnn2-c2ccc(C(=O)O)cc2)c2ccccc2n1CCC(=O)O. The number of carboxylic acid groups (broad SMARTS) is 2. The van der Waals surface area contributed by atoms with Gasteiger partial charge in [0.15, 0.2) is 5.82 Å². The summed E-state index contributed by atoms with van der Waals surface area (Å²) < 4.78 is 3.29. The first-order valence-corrected chi connectivity index (χ1v) is 9.94. The van der Waals surface area contributed by atoms with E-state index in [1.54, 1.807) is 12.1 Å². The fraction of sp³-hybridized carbons (Fsp3) is 0.130. The van der Waals surface area contributed by atoms with Crippen LogP contribution in [0.5, 0.6) is 0 Å².